The number of aliphatic hydroxyl groups excluding tert-OH is 1. The van der Waals surface area contributed by atoms with Crippen molar-refractivity contribution in [1.82, 2.24) is 5.32 Å². The molecule has 1 aromatic rings. The van der Waals surface area contributed by atoms with E-state index in [1.54, 1.807) is 25.2 Å². The lowest BCUT2D eigenvalue weighted by Crippen LogP contribution is -2.26. The van der Waals surface area contributed by atoms with Gasteiger partial charge in [0.15, 0.2) is 0 Å². The normalized spacial score (nSPS) is 10.1. The first kappa shape index (κ1) is 13.8. The summed E-state index contributed by atoms with van der Waals surface area (Å²) in [4.78, 5) is 13.1. The van der Waals surface area contributed by atoms with E-state index >= 15 is 0 Å². The first-order valence-corrected chi connectivity index (χ1v) is 5.77. The maximum atomic E-state index is 11.2. The van der Waals surface area contributed by atoms with Crippen molar-refractivity contribution in [1.29, 1.82) is 0 Å². The van der Waals surface area contributed by atoms with Gasteiger partial charge in [0.25, 0.3) is 0 Å². The SMILES string of the molecule is CNC(=O)CCN(C)c1cc(Cl)ccc1CO. The van der Waals surface area contributed by atoms with E-state index < -0.39 is 0 Å². The zero-order valence-electron chi connectivity index (χ0n) is 10.0. The molecule has 17 heavy (non-hydrogen) atoms. The second-order valence-corrected chi connectivity index (χ2v) is 4.21. The third kappa shape index (κ3) is 3.91. The van der Waals surface area contributed by atoms with Gasteiger partial charge in [-0.3, -0.25) is 4.79 Å². The summed E-state index contributed by atoms with van der Waals surface area (Å²) in [5.41, 5.74) is 1.65. The topological polar surface area (TPSA) is 52.6 Å². The molecule has 94 valence electrons. The third-order valence-electron chi connectivity index (χ3n) is 2.58. The van der Waals surface area contributed by atoms with Crippen molar-refractivity contribution in [3.63, 3.8) is 0 Å². The highest BCUT2D eigenvalue weighted by atomic mass is 35.5. The highest BCUT2D eigenvalue weighted by molar-refractivity contribution is 6.30. The Morgan fingerprint density at radius 3 is 2.82 bits per heavy atom. The fraction of sp³-hybridized carbons (Fsp3) is 0.417. The highest BCUT2D eigenvalue weighted by Gasteiger charge is 2.09. The van der Waals surface area contributed by atoms with Crippen molar-refractivity contribution in [2.75, 3.05) is 25.5 Å². The first-order valence-electron chi connectivity index (χ1n) is 5.39. The van der Waals surface area contributed by atoms with Crippen LogP contribution >= 0.6 is 11.6 Å². The quantitative estimate of drug-likeness (QED) is 0.838. The van der Waals surface area contributed by atoms with E-state index in [4.69, 9.17) is 11.6 Å². The number of anilines is 1. The molecule has 0 aliphatic carbocycles. The number of aliphatic hydroxyl groups is 1. The molecule has 1 aromatic carbocycles. The molecule has 0 aromatic heterocycles. The van der Waals surface area contributed by atoms with E-state index in [1.807, 2.05) is 11.9 Å². The summed E-state index contributed by atoms with van der Waals surface area (Å²) in [7, 11) is 3.48. The van der Waals surface area contributed by atoms with Gasteiger partial charge in [-0.1, -0.05) is 17.7 Å². The Balaban J connectivity index is 2.76. The molecule has 1 amide bonds. The van der Waals surface area contributed by atoms with E-state index in [1.165, 1.54) is 0 Å². The zero-order chi connectivity index (χ0) is 12.8. The van der Waals surface area contributed by atoms with E-state index in [0.717, 1.165) is 11.3 Å². The van der Waals surface area contributed by atoms with Gasteiger partial charge in [-0.15, -0.1) is 0 Å². The van der Waals surface area contributed by atoms with Crippen LogP contribution in [-0.2, 0) is 11.4 Å². The van der Waals surface area contributed by atoms with Crippen molar-refractivity contribution in [3.8, 4) is 0 Å². The number of benzene rings is 1. The molecule has 0 spiro atoms. The maximum Gasteiger partial charge on any atom is 0.221 e. The van der Waals surface area contributed by atoms with E-state index in [-0.39, 0.29) is 12.5 Å². The monoisotopic (exact) mass is 256 g/mol. The van der Waals surface area contributed by atoms with Crippen LogP contribution in [0.4, 0.5) is 5.69 Å². The molecule has 0 atom stereocenters. The average molecular weight is 257 g/mol. The molecule has 0 fully saturated rings. The van der Waals surface area contributed by atoms with Crippen LogP contribution in [-0.4, -0.2) is 31.7 Å². The lowest BCUT2D eigenvalue weighted by Gasteiger charge is -2.21. The molecule has 1 rings (SSSR count). The standard InChI is InChI=1S/C12H17ClN2O2/c1-14-12(17)5-6-15(2)11-7-10(13)4-3-9(11)8-16/h3-4,7,16H,5-6,8H2,1-2H3,(H,14,17). The number of nitrogens with one attached hydrogen (secondary N) is 1. The molecule has 0 saturated heterocycles. The summed E-state index contributed by atoms with van der Waals surface area (Å²) >= 11 is 5.92. The van der Waals surface area contributed by atoms with Gasteiger partial charge in [0.1, 0.15) is 0 Å². The van der Waals surface area contributed by atoms with Crippen molar-refractivity contribution in [3.05, 3.63) is 28.8 Å². The number of hydrogen-bond acceptors (Lipinski definition) is 3. The van der Waals surface area contributed by atoms with Crippen LogP contribution in [0.25, 0.3) is 0 Å². The number of carbonyl (C=O) groups excluding carboxylic acids is 1. The Kier molecular flexibility index (Phi) is 5.25. The van der Waals surface area contributed by atoms with Crippen LogP contribution in [0.5, 0.6) is 0 Å². The molecule has 0 saturated carbocycles. The number of rotatable bonds is 5. The Hall–Kier alpha value is -1.26. The molecular weight excluding hydrogens is 240 g/mol. The minimum Gasteiger partial charge on any atom is -0.392 e. The largest absolute Gasteiger partial charge is 0.392 e. The summed E-state index contributed by atoms with van der Waals surface area (Å²) in [6.07, 6.45) is 0.407. The second-order valence-electron chi connectivity index (χ2n) is 3.78. The number of nitrogens with zero attached hydrogens (tertiary/aromatic N) is 1. The summed E-state index contributed by atoms with van der Waals surface area (Å²) in [6, 6.07) is 5.31. The van der Waals surface area contributed by atoms with Crippen molar-refractivity contribution in [2.45, 2.75) is 13.0 Å². The van der Waals surface area contributed by atoms with Gasteiger partial charge in [0.2, 0.25) is 5.91 Å². The first-order chi connectivity index (χ1) is 8.08. The fourth-order valence-electron chi connectivity index (χ4n) is 1.54. The van der Waals surface area contributed by atoms with Crippen LogP contribution in [0, 0.1) is 0 Å². The van der Waals surface area contributed by atoms with Gasteiger partial charge in [-0.25, -0.2) is 0 Å². The van der Waals surface area contributed by atoms with E-state index in [2.05, 4.69) is 5.32 Å². The third-order valence-corrected chi connectivity index (χ3v) is 2.82. The Morgan fingerprint density at radius 2 is 2.24 bits per heavy atom. The van der Waals surface area contributed by atoms with Crippen LogP contribution < -0.4 is 10.2 Å². The Labute approximate surface area is 106 Å². The van der Waals surface area contributed by atoms with Crippen LogP contribution in [0.15, 0.2) is 18.2 Å². The molecule has 0 aliphatic heterocycles. The van der Waals surface area contributed by atoms with Gasteiger partial charge >= 0.3 is 0 Å². The summed E-state index contributed by atoms with van der Waals surface area (Å²) in [5, 5.41) is 12.4. The molecular formula is C12H17ClN2O2. The van der Waals surface area contributed by atoms with E-state index in [9.17, 15) is 9.90 Å². The zero-order valence-corrected chi connectivity index (χ0v) is 10.8. The van der Waals surface area contributed by atoms with Gasteiger partial charge < -0.3 is 15.3 Å². The predicted octanol–water partition coefficient (Wildman–Crippen LogP) is 1.40. The molecule has 0 aliphatic rings. The number of amides is 1. The molecule has 4 nitrogen and oxygen atoms in total. The maximum absolute atomic E-state index is 11.2. The average Bonchev–Trinajstić information content (AvgIpc) is 2.35. The number of hydrogen-bond donors (Lipinski definition) is 2. The summed E-state index contributed by atoms with van der Waals surface area (Å²) in [5.74, 6) is -0.00979. The highest BCUT2D eigenvalue weighted by Crippen LogP contribution is 2.24. The van der Waals surface area contributed by atoms with Crippen LogP contribution in [0.3, 0.4) is 0 Å². The minimum absolute atomic E-state index is 0.00979. The molecule has 0 heterocycles. The smallest absolute Gasteiger partial charge is 0.221 e. The van der Waals surface area contributed by atoms with Gasteiger partial charge in [-0.05, 0) is 12.1 Å². The predicted molar refractivity (Wildman–Crippen MR) is 69.3 cm³/mol. The number of halogens is 1. The lowest BCUT2D eigenvalue weighted by atomic mass is 10.1. The molecule has 0 bridgehead atoms. The second kappa shape index (κ2) is 6.47. The van der Waals surface area contributed by atoms with Gasteiger partial charge in [0.05, 0.1) is 6.61 Å². The Bertz CT molecular complexity index is 396. The van der Waals surface area contributed by atoms with Crippen molar-refractivity contribution >= 4 is 23.2 Å². The van der Waals surface area contributed by atoms with E-state index in [0.29, 0.717) is 18.0 Å². The molecule has 5 heteroatoms. The van der Waals surface area contributed by atoms with Crippen LogP contribution in [0.1, 0.15) is 12.0 Å². The van der Waals surface area contributed by atoms with Crippen molar-refractivity contribution < 1.29 is 9.90 Å². The Morgan fingerprint density at radius 1 is 1.53 bits per heavy atom. The summed E-state index contributed by atoms with van der Waals surface area (Å²) in [6.45, 7) is 0.532. The molecule has 2 N–H and O–H groups in total. The molecule has 0 unspecified atom stereocenters. The van der Waals surface area contributed by atoms with Crippen molar-refractivity contribution in [2.24, 2.45) is 0 Å². The fourth-order valence-corrected chi connectivity index (χ4v) is 1.71. The van der Waals surface area contributed by atoms with Gasteiger partial charge in [0, 0.05) is 43.3 Å². The van der Waals surface area contributed by atoms with Gasteiger partial charge in [-0.2, -0.15) is 0 Å². The minimum atomic E-state index is -0.0448. The lowest BCUT2D eigenvalue weighted by molar-refractivity contribution is -0.120. The number of carbonyl (C=O) groups is 1. The van der Waals surface area contributed by atoms with Crippen LogP contribution in [0.2, 0.25) is 5.02 Å². The molecule has 0 radical (unpaired) electrons. The summed E-state index contributed by atoms with van der Waals surface area (Å²) < 4.78 is 0.